The highest BCUT2D eigenvalue weighted by Crippen LogP contribution is 2.31. The Morgan fingerprint density at radius 2 is 2.07 bits per heavy atom. The lowest BCUT2D eigenvalue weighted by molar-refractivity contribution is 0.468. The van der Waals surface area contributed by atoms with E-state index in [2.05, 4.69) is 13.8 Å². The second-order valence-electron chi connectivity index (χ2n) is 3.70. The quantitative estimate of drug-likeness (QED) is 0.811. The van der Waals surface area contributed by atoms with E-state index < -0.39 is 0 Å². The number of phenols is 1. The van der Waals surface area contributed by atoms with Crippen molar-refractivity contribution in [1.82, 2.24) is 0 Å². The Balaban J connectivity index is 3.14. The molecule has 0 unspecified atom stereocenters. The first-order valence-electron chi connectivity index (χ1n) is 4.77. The maximum Gasteiger partial charge on any atom is 0.137 e. The lowest BCUT2D eigenvalue weighted by atomic mass is 9.99. The van der Waals surface area contributed by atoms with Crippen LogP contribution in [0, 0.1) is 0 Å². The maximum absolute atomic E-state index is 9.65. The van der Waals surface area contributed by atoms with Crippen molar-refractivity contribution in [2.45, 2.75) is 26.2 Å². The molecule has 0 amide bonds. The molecule has 1 rings (SSSR count). The molecule has 0 aliphatic rings. The molecule has 0 saturated heterocycles. The Bertz CT molecular complexity index is 323. The van der Waals surface area contributed by atoms with Crippen molar-refractivity contribution in [2.75, 3.05) is 6.54 Å². The Hall–Kier alpha value is -0.730. The van der Waals surface area contributed by atoms with Crippen molar-refractivity contribution in [3.05, 3.63) is 28.3 Å². The number of aromatic hydroxyl groups is 1. The van der Waals surface area contributed by atoms with E-state index in [0.29, 0.717) is 23.9 Å². The lowest BCUT2D eigenvalue weighted by Crippen LogP contribution is -2.04. The first kappa shape index (κ1) is 11.3. The van der Waals surface area contributed by atoms with Gasteiger partial charge in [-0.15, -0.1) is 0 Å². The van der Waals surface area contributed by atoms with Gasteiger partial charge in [0.05, 0.1) is 5.02 Å². The van der Waals surface area contributed by atoms with Crippen LogP contribution in [-0.2, 0) is 6.42 Å². The van der Waals surface area contributed by atoms with Crippen LogP contribution in [-0.4, -0.2) is 11.7 Å². The van der Waals surface area contributed by atoms with Crippen LogP contribution in [0.15, 0.2) is 12.1 Å². The molecule has 78 valence electrons. The molecule has 0 fully saturated rings. The summed E-state index contributed by atoms with van der Waals surface area (Å²) in [5.41, 5.74) is 7.42. The summed E-state index contributed by atoms with van der Waals surface area (Å²) < 4.78 is 0. The molecule has 0 aliphatic heterocycles. The van der Waals surface area contributed by atoms with Crippen molar-refractivity contribution in [2.24, 2.45) is 5.73 Å². The lowest BCUT2D eigenvalue weighted by Gasteiger charge is -2.11. The summed E-state index contributed by atoms with van der Waals surface area (Å²) in [6.45, 7) is 4.70. The molecule has 0 bridgehead atoms. The third-order valence-corrected chi connectivity index (χ3v) is 2.53. The van der Waals surface area contributed by atoms with E-state index in [0.717, 1.165) is 11.1 Å². The zero-order chi connectivity index (χ0) is 10.7. The second kappa shape index (κ2) is 4.67. The highest BCUT2D eigenvalue weighted by Gasteiger charge is 2.09. The zero-order valence-electron chi connectivity index (χ0n) is 8.55. The van der Waals surface area contributed by atoms with Gasteiger partial charge in [-0.3, -0.25) is 0 Å². The molecular weight excluding hydrogens is 198 g/mol. The minimum atomic E-state index is 0.168. The molecule has 3 heteroatoms. The van der Waals surface area contributed by atoms with Crippen LogP contribution < -0.4 is 5.73 Å². The number of benzene rings is 1. The molecule has 0 atom stereocenters. The molecule has 2 nitrogen and oxygen atoms in total. The van der Waals surface area contributed by atoms with Gasteiger partial charge in [-0.2, -0.15) is 0 Å². The molecule has 0 saturated carbocycles. The Morgan fingerprint density at radius 1 is 1.43 bits per heavy atom. The molecule has 0 aliphatic carbocycles. The van der Waals surface area contributed by atoms with Gasteiger partial charge in [-0.05, 0) is 36.1 Å². The first-order valence-corrected chi connectivity index (χ1v) is 5.15. The summed E-state index contributed by atoms with van der Waals surface area (Å²) in [6.07, 6.45) is 0.659. The van der Waals surface area contributed by atoms with E-state index in [1.165, 1.54) is 0 Å². The minimum absolute atomic E-state index is 0.168. The van der Waals surface area contributed by atoms with Crippen LogP contribution in [0.2, 0.25) is 5.02 Å². The molecule has 0 spiro atoms. The van der Waals surface area contributed by atoms with Gasteiger partial charge in [0.2, 0.25) is 0 Å². The summed E-state index contributed by atoms with van der Waals surface area (Å²) in [5.74, 6) is 0.575. The number of hydrogen-bond donors (Lipinski definition) is 2. The van der Waals surface area contributed by atoms with Crippen molar-refractivity contribution < 1.29 is 5.11 Å². The molecule has 1 aromatic rings. The first-order chi connectivity index (χ1) is 6.56. The fraction of sp³-hybridized carbons (Fsp3) is 0.455. The molecule has 0 aromatic heterocycles. The molecule has 0 radical (unpaired) electrons. The Morgan fingerprint density at radius 3 is 2.57 bits per heavy atom. The van der Waals surface area contributed by atoms with Crippen LogP contribution in [0.25, 0.3) is 0 Å². The van der Waals surface area contributed by atoms with Crippen molar-refractivity contribution in [3.8, 4) is 5.75 Å². The average molecular weight is 214 g/mol. The summed E-state index contributed by atoms with van der Waals surface area (Å²) in [4.78, 5) is 0. The summed E-state index contributed by atoms with van der Waals surface area (Å²) in [5, 5.41) is 10.1. The summed E-state index contributed by atoms with van der Waals surface area (Å²) in [7, 11) is 0. The van der Waals surface area contributed by atoms with Gasteiger partial charge < -0.3 is 10.8 Å². The van der Waals surface area contributed by atoms with E-state index in [1.807, 2.05) is 12.1 Å². The topological polar surface area (TPSA) is 46.2 Å². The molecule has 3 N–H and O–H groups in total. The standard InChI is InChI=1S/C11H16ClNO/c1-7(2)9-5-8(3-4-13)11(14)10(12)6-9/h5-7,14H,3-4,13H2,1-2H3. The highest BCUT2D eigenvalue weighted by molar-refractivity contribution is 6.32. The monoisotopic (exact) mass is 213 g/mol. The number of phenolic OH excluding ortho intramolecular Hbond substituents is 1. The second-order valence-corrected chi connectivity index (χ2v) is 4.11. The van der Waals surface area contributed by atoms with Gasteiger partial charge in [-0.1, -0.05) is 31.5 Å². The molecule has 14 heavy (non-hydrogen) atoms. The zero-order valence-corrected chi connectivity index (χ0v) is 9.30. The highest BCUT2D eigenvalue weighted by atomic mass is 35.5. The van der Waals surface area contributed by atoms with E-state index in [1.54, 1.807) is 0 Å². The van der Waals surface area contributed by atoms with Crippen LogP contribution in [0.5, 0.6) is 5.75 Å². The van der Waals surface area contributed by atoms with E-state index in [-0.39, 0.29) is 5.75 Å². The minimum Gasteiger partial charge on any atom is -0.506 e. The number of halogens is 1. The molecule has 1 aromatic carbocycles. The van der Waals surface area contributed by atoms with Gasteiger partial charge in [0, 0.05) is 0 Å². The fourth-order valence-electron chi connectivity index (χ4n) is 1.36. The predicted octanol–water partition coefficient (Wildman–Crippen LogP) is 2.67. The van der Waals surface area contributed by atoms with E-state index in [4.69, 9.17) is 17.3 Å². The molecule has 0 heterocycles. The van der Waals surface area contributed by atoms with Gasteiger partial charge >= 0.3 is 0 Å². The third-order valence-electron chi connectivity index (χ3n) is 2.25. The van der Waals surface area contributed by atoms with Crippen molar-refractivity contribution in [3.63, 3.8) is 0 Å². The van der Waals surface area contributed by atoms with Gasteiger partial charge in [0.1, 0.15) is 5.75 Å². The van der Waals surface area contributed by atoms with Crippen LogP contribution in [0.3, 0.4) is 0 Å². The van der Waals surface area contributed by atoms with E-state index >= 15 is 0 Å². The predicted molar refractivity (Wildman–Crippen MR) is 60.0 cm³/mol. The Kier molecular flexibility index (Phi) is 3.78. The smallest absolute Gasteiger partial charge is 0.137 e. The van der Waals surface area contributed by atoms with Crippen molar-refractivity contribution in [1.29, 1.82) is 0 Å². The fourth-order valence-corrected chi connectivity index (χ4v) is 1.61. The van der Waals surface area contributed by atoms with Crippen LogP contribution in [0.1, 0.15) is 30.9 Å². The Labute approximate surface area is 89.7 Å². The summed E-state index contributed by atoms with van der Waals surface area (Å²) >= 11 is 5.91. The van der Waals surface area contributed by atoms with Crippen LogP contribution >= 0.6 is 11.6 Å². The van der Waals surface area contributed by atoms with E-state index in [9.17, 15) is 5.11 Å². The van der Waals surface area contributed by atoms with Crippen LogP contribution in [0.4, 0.5) is 0 Å². The number of hydrogen-bond acceptors (Lipinski definition) is 2. The largest absolute Gasteiger partial charge is 0.506 e. The summed E-state index contributed by atoms with van der Waals surface area (Å²) in [6, 6.07) is 3.78. The average Bonchev–Trinajstić information content (AvgIpc) is 2.12. The number of rotatable bonds is 3. The third kappa shape index (κ3) is 2.40. The maximum atomic E-state index is 9.65. The van der Waals surface area contributed by atoms with Gasteiger partial charge in [0.15, 0.2) is 0 Å². The van der Waals surface area contributed by atoms with Crippen molar-refractivity contribution >= 4 is 11.6 Å². The normalized spacial score (nSPS) is 10.9. The number of nitrogens with two attached hydrogens (primary N) is 1. The molecular formula is C11H16ClNO. The van der Waals surface area contributed by atoms with Gasteiger partial charge in [-0.25, -0.2) is 0 Å². The van der Waals surface area contributed by atoms with Gasteiger partial charge in [0.25, 0.3) is 0 Å². The SMILES string of the molecule is CC(C)c1cc(Cl)c(O)c(CCN)c1.